The van der Waals surface area contributed by atoms with Crippen LogP contribution >= 0.6 is 11.3 Å². The highest BCUT2D eigenvalue weighted by molar-refractivity contribution is 7.09. The maximum absolute atomic E-state index is 12.4. The largest absolute Gasteiger partial charge is 0.435 e. The molecular weight excluding hydrogens is 358 g/mol. The Morgan fingerprint density at radius 3 is 2.92 bits per heavy atom. The molecule has 0 bridgehead atoms. The van der Waals surface area contributed by atoms with Gasteiger partial charge in [-0.2, -0.15) is 8.78 Å². The minimum Gasteiger partial charge on any atom is -0.435 e. The molecule has 1 N–H and O–H groups in total. The van der Waals surface area contributed by atoms with Crippen LogP contribution in [-0.4, -0.2) is 17.5 Å². The van der Waals surface area contributed by atoms with Gasteiger partial charge in [-0.15, -0.1) is 11.3 Å². The zero-order valence-corrected chi connectivity index (χ0v) is 15.6. The highest BCUT2D eigenvalue weighted by Gasteiger charge is 2.23. The molecule has 0 spiro atoms. The zero-order chi connectivity index (χ0) is 18.7. The lowest BCUT2D eigenvalue weighted by molar-refractivity contribution is -0.121. The first-order chi connectivity index (χ1) is 12.4. The van der Waals surface area contributed by atoms with Crippen LogP contribution < -0.4 is 10.1 Å². The molecule has 3 rings (SSSR count). The lowest BCUT2D eigenvalue weighted by atomic mass is 9.87. The van der Waals surface area contributed by atoms with Gasteiger partial charge >= 0.3 is 6.61 Å². The van der Waals surface area contributed by atoms with Crippen LogP contribution in [0.4, 0.5) is 8.78 Å². The summed E-state index contributed by atoms with van der Waals surface area (Å²) in [5.74, 6) is 0.442. The van der Waals surface area contributed by atoms with Crippen LogP contribution in [0.1, 0.15) is 60.5 Å². The van der Waals surface area contributed by atoms with Crippen molar-refractivity contribution in [2.75, 3.05) is 0 Å². The van der Waals surface area contributed by atoms with E-state index in [4.69, 9.17) is 0 Å². The van der Waals surface area contributed by atoms with E-state index in [1.54, 1.807) is 23.5 Å². The fourth-order valence-electron chi connectivity index (χ4n) is 3.20. The molecule has 1 unspecified atom stereocenters. The molecule has 1 atom stereocenters. The fraction of sp³-hybridized carbons (Fsp3) is 0.474. The second-order valence-electron chi connectivity index (χ2n) is 6.76. The van der Waals surface area contributed by atoms with Gasteiger partial charge in [-0.25, -0.2) is 4.98 Å². The number of alkyl halides is 2. The van der Waals surface area contributed by atoms with Crippen molar-refractivity contribution in [3.8, 4) is 5.75 Å². The van der Waals surface area contributed by atoms with E-state index in [0.29, 0.717) is 5.92 Å². The predicted octanol–water partition coefficient (Wildman–Crippen LogP) is 4.60. The number of fused-ring (bicyclic) bond motifs is 1. The Hall–Kier alpha value is -2.02. The number of carbonyl (C=O) groups excluding carboxylic acids is 1. The molecule has 1 aromatic carbocycles. The van der Waals surface area contributed by atoms with E-state index in [-0.39, 0.29) is 24.1 Å². The maximum Gasteiger partial charge on any atom is 0.387 e. The quantitative estimate of drug-likeness (QED) is 0.797. The Bertz CT molecular complexity index is 777. The first-order valence-corrected chi connectivity index (χ1v) is 9.61. The van der Waals surface area contributed by atoms with Gasteiger partial charge in [-0.05, 0) is 42.5 Å². The van der Waals surface area contributed by atoms with E-state index in [9.17, 15) is 13.6 Å². The lowest BCUT2D eigenvalue weighted by Gasteiger charge is -2.26. The molecule has 1 heterocycles. The van der Waals surface area contributed by atoms with Crippen LogP contribution in [0.3, 0.4) is 0 Å². The Morgan fingerprint density at radius 2 is 2.23 bits per heavy atom. The van der Waals surface area contributed by atoms with Crippen molar-refractivity contribution in [1.29, 1.82) is 0 Å². The third-order valence-corrected chi connectivity index (χ3v) is 5.59. The second kappa shape index (κ2) is 8.12. The van der Waals surface area contributed by atoms with E-state index >= 15 is 0 Å². The summed E-state index contributed by atoms with van der Waals surface area (Å²) in [5, 5.41) is 6.02. The van der Waals surface area contributed by atoms with Crippen molar-refractivity contribution in [1.82, 2.24) is 10.3 Å². The van der Waals surface area contributed by atoms with Crippen LogP contribution in [-0.2, 0) is 17.6 Å². The molecule has 0 saturated carbocycles. The van der Waals surface area contributed by atoms with Crippen LogP contribution in [0.2, 0.25) is 0 Å². The third-order valence-electron chi connectivity index (χ3n) is 4.39. The minimum absolute atomic E-state index is 0.0728. The van der Waals surface area contributed by atoms with Crippen molar-refractivity contribution in [2.24, 2.45) is 0 Å². The van der Waals surface area contributed by atoms with Crippen LogP contribution in [0.25, 0.3) is 0 Å². The highest BCUT2D eigenvalue weighted by atomic mass is 32.1. The first-order valence-electron chi connectivity index (χ1n) is 8.73. The predicted molar refractivity (Wildman–Crippen MR) is 96.8 cm³/mol. The number of benzene rings is 1. The highest BCUT2D eigenvalue weighted by Crippen LogP contribution is 2.32. The number of aromatic nitrogens is 1. The molecule has 0 saturated heterocycles. The number of rotatable bonds is 6. The Kier molecular flexibility index (Phi) is 5.86. The van der Waals surface area contributed by atoms with Gasteiger partial charge in [0, 0.05) is 11.3 Å². The van der Waals surface area contributed by atoms with E-state index < -0.39 is 6.61 Å². The van der Waals surface area contributed by atoms with E-state index in [0.717, 1.165) is 41.1 Å². The minimum atomic E-state index is -2.83. The Balaban J connectivity index is 1.66. The van der Waals surface area contributed by atoms with Gasteiger partial charge in [0.25, 0.3) is 0 Å². The second-order valence-corrected chi connectivity index (χ2v) is 7.65. The van der Waals surface area contributed by atoms with Crippen molar-refractivity contribution >= 4 is 17.2 Å². The number of amides is 1. The summed E-state index contributed by atoms with van der Waals surface area (Å²) in [4.78, 5) is 16.9. The number of aryl methyl sites for hydroxylation is 1. The molecule has 4 nitrogen and oxygen atoms in total. The van der Waals surface area contributed by atoms with Crippen LogP contribution in [0.5, 0.6) is 5.75 Å². The molecule has 140 valence electrons. The molecule has 0 radical (unpaired) electrons. The summed E-state index contributed by atoms with van der Waals surface area (Å²) >= 11 is 1.57. The molecule has 0 fully saturated rings. The number of nitrogens with one attached hydrogen (secondary N) is 1. The molecular formula is C19H22F2N2O2S. The molecule has 26 heavy (non-hydrogen) atoms. The summed E-state index contributed by atoms with van der Waals surface area (Å²) in [6.45, 7) is 1.32. The number of hydrogen-bond acceptors (Lipinski definition) is 4. The van der Waals surface area contributed by atoms with Gasteiger partial charge in [0.2, 0.25) is 5.91 Å². The molecule has 1 aromatic heterocycles. The van der Waals surface area contributed by atoms with Gasteiger partial charge in [0.05, 0.1) is 23.2 Å². The number of carbonyl (C=O) groups is 1. The topological polar surface area (TPSA) is 51.2 Å². The van der Waals surface area contributed by atoms with Gasteiger partial charge < -0.3 is 10.1 Å². The summed E-state index contributed by atoms with van der Waals surface area (Å²) in [5.41, 5.74) is 2.72. The van der Waals surface area contributed by atoms with E-state index in [1.165, 1.54) is 6.07 Å². The smallest absolute Gasteiger partial charge is 0.387 e. The molecule has 1 amide bonds. The van der Waals surface area contributed by atoms with Crippen molar-refractivity contribution in [3.05, 3.63) is 45.4 Å². The van der Waals surface area contributed by atoms with Gasteiger partial charge in [0.1, 0.15) is 5.75 Å². The Labute approximate surface area is 155 Å². The fourth-order valence-corrected chi connectivity index (χ4v) is 4.03. The molecule has 2 aromatic rings. The molecule has 7 heteroatoms. The van der Waals surface area contributed by atoms with Crippen LogP contribution in [0, 0.1) is 0 Å². The molecule has 1 aliphatic carbocycles. The first kappa shape index (κ1) is 18.8. The number of hydrogen-bond donors (Lipinski definition) is 1. The zero-order valence-electron chi connectivity index (χ0n) is 14.8. The maximum atomic E-state index is 12.4. The third kappa shape index (κ3) is 4.58. The monoisotopic (exact) mass is 380 g/mol. The molecule has 1 aliphatic rings. The van der Waals surface area contributed by atoms with E-state index in [1.807, 2.05) is 5.38 Å². The van der Waals surface area contributed by atoms with Crippen molar-refractivity contribution in [3.63, 3.8) is 0 Å². The standard InChI is InChI=1S/C19H22F2N2O2S/c1-11(2)18-22-13(10-26-18)9-17(24)23-16-5-3-4-12-8-14(25-19(20)21)6-7-15(12)16/h6-8,10-11,16,19H,3-5,9H2,1-2H3,(H,23,24). The summed E-state index contributed by atoms with van der Waals surface area (Å²) in [7, 11) is 0. The summed E-state index contributed by atoms with van der Waals surface area (Å²) < 4.78 is 29.2. The van der Waals surface area contributed by atoms with Gasteiger partial charge in [-0.1, -0.05) is 19.9 Å². The van der Waals surface area contributed by atoms with Crippen molar-refractivity contribution < 1.29 is 18.3 Å². The summed E-state index contributed by atoms with van der Waals surface area (Å²) in [6.07, 6.45) is 2.78. The SMILES string of the molecule is CC(C)c1nc(CC(=O)NC2CCCc3cc(OC(F)F)ccc32)cs1. The molecule has 0 aliphatic heterocycles. The van der Waals surface area contributed by atoms with Crippen molar-refractivity contribution in [2.45, 2.75) is 58.1 Å². The number of halogens is 2. The summed E-state index contributed by atoms with van der Waals surface area (Å²) in [6, 6.07) is 4.85. The lowest BCUT2D eigenvalue weighted by Crippen LogP contribution is -2.32. The average Bonchev–Trinajstić information content (AvgIpc) is 3.03. The number of thiazole rings is 1. The van der Waals surface area contributed by atoms with E-state index in [2.05, 4.69) is 28.9 Å². The van der Waals surface area contributed by atoms with Gasteiger partial charge in [0.15, 0.2) is 0 Å². The normalized spacial score (nSPS) is 16.6. The number of ether oxygens (including phenoxy) is 1. The number of nitrogens with zero attached hydrogens (tertiary/aromatic N) is 1. The van der Waals surface area contributed by atoms with Crippen LogP contribution in [0.15, 0.2) is 23.6 Å². The van der Waals surface area contributed by atoms with Gasteiger partial charge in [-0.3, -0.25) is 4.79 Å². The average molecular weight is 380 g/mol. The Morgan fingerprint density at radius 1 is 1.42 bits per heavy atom.